The minimum atomic E-state index is -0.867. The van der Waals surface area contributed by atoms with Crippen LogP contribution in [-0.2, 0) is 0 Å². The SMILES string of the molecule is Cc1c(C(=O)O)ccc2ccccc12.[Ga]. The first kappa shape index (κ1) is 11.9. The van der Waals surface area contributed by atoms with Crippen molar-refractivity contribution < 1.29 is 9.90 Å². The summed E-state index contributed by atoms with van der Waals surface area (Å²) in [6, 6.07) is 11.3. The van der Waals surface area contributed by atoms with Crippen LogP contribution in [0.25, 0.3) is 10.8 Å². The molecular formula is C12H10GaO2. The Morgan fingerprint density at radius 1 is 1.13 bits per heavy atom. The first-order valence-electron chi connectivity index (χ1n) is 4.42. The molecule has 2 aromatic rings. The minimum absolute atomic E-state index is 0. The number of fused-ring (bicyclic) bond motifs is 1. The van der Waals surface area contributed by atoms with Gasteiger partial charge in [0.15, 0.2) is 0 Å². The Morgan fingerprint density at radius 2 is 1.80 bits per heavy atom. The zero-order valence-corrected chi connectivity index (χ0v) is 10.8. The number of rotatable bonds is 1. The van der Waals surface area contributed by atoms with Crippen molar-refractivity contribution in [1.29, 1.82) is 0 Å². The second kappa shape index (κ2) is 4.55. The van der Waals surface area contributed by atoms with Crippen LogP contribution in [-0.4, -0.2) is 30.9 Å². The number of carbonyl (C=O) groups is 1. The van der Waals surface area contributed by atoms with Gasteiger partial charge in [0, 0.05) is 19.8 Å². The van der Waals surface area contributed by atoms with E-state index in [1.165, 1.54) is 0 Å². The van der Waals surface area contributed by atoms with Crippen LogP contribution < -0.4 is 0 Å². The van der Waals surface area contributed by atoms with Crippen LogP contribution in [0.15, 0.2) is 36.4 Å². The van der Waals surface area contributed by atoms with E-state index in [1.807, 2.05) is 37.3 Å². The molecule has 0 spiro atoms. The average molecular weight is 256 g/mol. The Bertz CT molecular complexity index is 506. The Hall–Kier alpha value is -1.19. The van der Waals surface area contributed by atoms with Gasteiger partial charge in [-0.05, 0) is 29.3 Å². The van der Waals surface area contributed by atoms with Gasteiger partial charge in [0.05, 0.1) is 5.56 Å². The van der Waals surface area contributed by atoms with Crippen molar-refractivity contribution in [3.63, 3.8) is 0 Å². The first-order valence-corrected chi connectivity index (χ1v) is 4.42. The van der Waals surface area contributed by atoms with Gasteiger partial charge in [-0.1, -0.05) is 30.3 Å². The van der Waals surface area contributed by atoms with Crippen molar-refractivity contribution in [1.82, 2.24) is 0 Å². The van der Waals surface area contributed by atoms with Crippen molar-refractivity contribution >= 4 is 36.5 Å². The molecule has 0 fully saturated rings. The summed E-state index contributed by atoms with van der Waals surface area (Å²) in [6.07, 6.45) is 0. The number of aromatic carboxylic acids is 1. The molecule has 73 valence electrons. The quantitative estimate of drug-likeness (QED) is 0.795. The van der Waals surface area contributed by atoms with Gasteiger partial charge in [0.1, 0.15) is 0 Å². The van der Waals surface area contributed by atoms with E-state index in [9.17, 15) is 4.79 Å². The topological polar surface area (TPSA) is 37.3 Å². The van der Waals surface area contributed by atoms with Crippen molar-refractivity contribution in [3.8, 4) is 0 Å². The first-order chi connectivity index (χ1) is 6.70. The van der Waals surface area contributed by atoms with E-state index in [1.54, 1.807) is 6.07 Å². The molecule has 3 heteroatoms. The monoisotopic (exact) mass is 255 g/mol. The molecule has 0 saturated carbocycles. The van der Waals surface area contributed by atoms with Crippen molar-refractivity contribution in [2.24, 2.45) is 0 Å². The molecule has 1 N–H and O–H groups in total. The molecule has 2 nitrogen and oxygen atoms in total. The fourth-order valence-corrected chi connectivity index (χ4v) is 1.66. The molecule has 3 radical (unpaired) electrons. The predicted molar refractivity (Wildman–Crippen MR) is 61.4 cm³/mol. The van der Waals surface area contributed by atoms with Crippen LogP contribution in [0, 0.1) is 6.92 Å². The summed E-state index contributed by atoms with van der Waals surface area (Å²) in [6.45, 7) is 1.84. The molecule has 0 saturated heterocycles. The Morgan fingerprint density at radius 3 is 2.47 bits per heavy atom. The van der Waals surface area contributed by atoms with Gasteiger partial charge >= 0.3 is 5.97 Å². The maximum atomic E-state index is 10.9. The Kier molecular flexibility index (Phi) is 3.60. The summed E-state index contributed by atoms with van der Waals surface area (Å²) in [5, 5.41) is 11.0. The summed E-state index contributed by atoms with van der Waals surface area (Å²) >= 11 is 0. The van der Waals surface area contributed by atoms with Crippen LogP contribution in [0.2, 0.25) is 0 Å². The number of carboxylic acids is 1. The van der Waals surface area contributed by atoms with E-state index in [2.05, 4.69) is 0 Å². The standard InChI is InChI=1S/C12H10O2.Ga/c1-8-10-5-3-2-4-9(10)6-7-11(8)12(13)14;/h2-7H,1H3,(H,13,14);. The molecule has 2 aromatic carbocycles. The third-order valence-corrected chi connectivity index (χ3v) is 2.43. The van der Waals surface area contributed by atoms with E-state index >= 15 is 0 Å². The number of carboxylic acid groups (broad SMARTS) is 1. The molecular weight excluding hydrogens is 246 g/mol. The minimum Gasteiger partial charge on any atom is -0.478 e. The zero-order valence-electron chi connectivity index (χ0n) is 8.40. The average Bonchev–Trinajstić information content (AvgIpc) is 2.18. The molecule has 15 heavy (non-hydrogen) atoms. The number of aryl methyl sites for hydroxylation is 1. The summed E-state index contributed by atoms with van der Waals surface area (Å²) in [5.41, 5.74) is 1.21. The summed E-state index contributed by atoms with van der Waals surface area (Å²) in [7, 11) is 0. The van der Waals surface area contributed by atoms with Crippen molar-refractivity contribution in [2.75, 3.05) is 0 Å². The van der Waals surface area contributed by atoms with E-state index in [-0.39, 0.29) is 19.8 Å². The van der Waals surface area contributed by atoms with E-state index < -0.39 is 5.97 Å². The molecule has 0 heterocycles. The summed E-state index contributed by atoms with van der Waals surface area (Å²) in [4.78, 5) is 10.9. The fourth-order valence-electron chi connectivity index (χ4n) is 1.66. The van der Waals surface area contributed by atoms with Gasteiger partial charge in [0.2, 0.25) is 0 Å². The molecule has 0 aliphatic heterocycles. The van der Waals surface area contributed by atoms with Crippen LogP contribution in [0.3, 0.4) is 0 Å². The molecule has 0 atom stereocenters. The third-order valence-electron chi connectivity index (χ3n) is 2.43. The van der Waals surface area contributed by atoms with Gasteiger partial charge in [-0.2, -0.15) is 0 Å². The maximum absolute atomic E-state index is 10.9. The van der Waals surface area contributed by atoms with E-state index in [0.29, 0.717) is 5.56 Å². The normalized spacial score (nSPS) is 9.67. The molecule has 0 bridgehead atoms. The van der Waals surface area contributed by atoms with Gasteiger partial charge in [0.25, 0.3) is 0 Å². The largest absolute Gasteiger partial charge is 0.478 e. The van der Waals surface area contributed by atoms with Crippen molar-refractivity contribution in [2.45, 2.75) is 6.92 Å². The second-order valence-corrected chi connectivity index (χ2v) is 3.26. The Balaban J connectivity index is 0.00000112. The summed E-state index contributed by atoms with van der Waals surface area (Å²) < 4.78 is 0. The van der Waals surface area contributed by atoms with E-state index in [4.69, 9.17) is 5.11 Å². The molecule has 0 aromatic heterocycles. The number of hydrogen-bond donors (Lipinski definition) is 1. The zero-order chi connectivity index (χ0) is 10.1. The van der Waals surface area contributed by atoms with Crippen LogP contribution in [0.5, 0.6) is 0 Å². The molecule has 2 rings (SSSR count). The predicted octanol–water partition coefficient (Wildman–Crippen LogP) is 2.47. The smallest absolute Gasteiger partial charge is 0.335 e. The van der Waals surface area contributed by atoms with Crippen LogP contribution in [0.1, 0.15) is 15.9 Å². The third kappa shape index (κ3) is 2.08. The maximum Gasteiger partial charge on any atom is 0.335 e. The van der Waals surface area contributed by atoms with Gasteiger partial charge in [-0.15, -0.1) is 0 Å². The van der Waals surface area contributed by atoms with Gasteiger partial charge in [-0.25, -0.2) is 4.79 Å². The molecule has 0 unspecified atom stereocenters. The van der Waals surface area contributed by atoms with Gasteiger partial charge < -0.3 is 5.11 Å². The molecule has 0 amide bonds. The fraction of sp³-hybridized carbons (Fsp3) is 0.0833. The number of benzene rings is 2. The Labute approximate surface area is 101 Å². The summed E-state index contributed by atoms with van der Waals surface area (Å²) in [5.74, 6) is -0.867. The van der Waals surface area contributed by atoms with Crippen molar-refractivity contribution in [3.05, 3.63) is 47.5 Å². The second-order valence-electron chi connectivity index (χ2n) is 3.26. The molecule has 0 aliphatic rings. The van der Waals surface area contributed by atoms with Crippen LogP contribution in [0.4, 0.5) is 0 Å². The van der Waals surface area contributed by atoms with Crippen LogP contribution >= 0.6 is 0 Å². The van der Waals surface area contributed by atoms with E-state index in [0.717, 1.165) is 16.3 Å². The van der Waals surface area contributed by atoms with Gasteiger partial charge in [-0.3, -0.25) is 0 Å². The number of hydrogen-bond acceptors (Lipinski definition) is 1. The molecule has 0 aliphatic carbocycles.